The number of carbonyl (C=O) groups is 1. The molecule has 0 bridgehead atoms. The van der Waals surface area contributed by atoms with Gasteiger partial charge in [0.1, 0.15) is 11.6 Å². The number of methoxy groups -OCH3 is 1. The number of carbonyl (C=O) groups excluding carboxylic acids is 1. The number of nitrogens with one attached hydrogen (secondary N) is 2. The van der Waals surface area contributed by atoms with Crippen LogP contribution in [0.5, 0.6) is 5.75 Å². The van der Waals surface area contributed by atoms with Gasteiger partial charge in [-0.1, -0.05) is 24.3 Å². The average Bonchev–Trinajstić information content (AvgIpc) is 2.49. The van der Waals surface area contributed by atoms with Gasteiger partial charge in [0.15, 0.2) is 5.11 Å². The molecular weight excluding hydrogens is 303 g/mol. The van der Waals surface area contributed by atoms with E-state index in [1.807, 2.05) is 13.0 Å². The second-order valence-electron chi connectivity index (χ2n) is 4.54. The summed E-state index contributed by atoms with van der Waals surface area (Å²) in [4.78, 5) is 12.2. The maximum atomic E-state index is 13.5. The topological polar surface area (TPSA) is 50.4 Å². The predicted molar refractivity (Wildman–Crippen MR) is 87.8 cm³/mol. The first-order valence-corrected chi connectivity index (χ1v) is 6.94. The third-order valence-corrected chi connectivity index (χ3v) is 3.21. The summed E-state index contributed by atoms with van der Waals surface area (Å²) in [5.74, 6) is -0.393. The number of rotatable bonds is 3. The fourth-order valence-corrected chi connectivity index (χ4v) is 2.19. The molecule has 0 fully saturated rings. The van der Waals surface area contributed by atoms with Crippen LogP contribution in [0.2, 0.25) is 0 Å². The van der Waals surface area contributed by atoms with Crippen molar-refractivity contribution >= 4 is 28.9 Å². The molecule has 2 rings (SSSR count). The molecular formula is C16H15FN2O2S. The number of para-hydroxylation sites is 2. The Morgan fingerprint density at radius 1 is 1.18 bits per heavy atom. The molecule has 0 saturated carbocycles. The predicted octanol–water partition coefficient (Wildman–Crippen LogP) is 3.27. The zero-order valence-corrected chi connectivity index (χ0v) is 13.0. The summed E-state index contributed by atoms with van der Waals surface area (Å²) in [6.07, 6.45) is 0. The Morgan fingerprint density at radius 3 is 2.59 bits per heavy atom. The molecule has 0 aliphatic heterocycles. The molecule has 0 unspecified atom stereocenters. The highest BCUT2D eigenvalue weighted by Gasteiger charge is 2.15. The van der Waals surface area contributed by atoms with Crippen molar-refractivity contribution in [3.05, 3.63) is 59.4 Å². The van der Waals surface area contributed by atoms with Gasteiger partial charge in [-0.25, -0.2) is 4.39 Å². The summed E-state index contributed by atoms with van der Waals surface area (Å²) in [5.41, 5.74) is 1.40. The van der Waals surface area contributed by atoms with E-state index in [-0.39, 0.29) is 10.8 Å². The summed E-state index contributed by atoms with van der Waals surface area (Å²) in [5, 5.41) is 5.17. The maximum Gasteiger partial charge on any atom is 0.261 e. The number of halogens is 1. The van der Waals surface area contributed by atoms with E-state index in [9.17, 15) is 9.18 Å². The minimum absolute atomic E-state index is 0.0126. The van der Waals surface area contributed by atoms with Gasteiger partial charge in [-0.15, -0.1) is 0 Å². The molecule has 2 aromatic rings. The Balaban J connectivity index is 2.11. The average molecular weight is 318 g/mol. The second kappa shape index (κ2) is 7.00. The molecule has 0 aliphatic carbocycles. The van der Waals surface area contributed by atoms with Gasteiger partial charge in [0.25, 0.3) is 5.91 Å². The van der Waals surface area contributed by atoms with E-state index in [1.165, 1.54) is 19.2 Å². The van der Waals surface area contributed by atoms with Crippen LogP contribution in [0.3, 0.4) is 0 Å². The molecule has 1 amide bonds. The Labute approximate surface area is 133 Å². The standard InChI is InChI=1S/C16H15FN2O2S/c1-10-6-5-7-11(14(10)21-2)15(20)19-16(22)18-13-9-4-3-8-12(13)17/h3-9H,1-2H3,(H2,18,19,20,22). The highest BCUT2D eigenvalue weighted by Crippen LogP contribution is 2.22. The van der Waals surface area contributed by atoms with Crippen LogP contribution in [0.4, 0.5) is 10.1 Å². The van der Waals surface area contributed by atoms with E-state index in [1.54, 1.807) is 24.3 Å². The summed E-state index contributed by atoms with van der Waals surface area (Å²) >= 11 is 5.03. The third kappa shape index (κ3) is 3.59. The molecule has 0 aromatic heterocycles. The van der Waals surface area contributed by atoms with E-state index in [0.29, 0.717) is 11.3 Å². The van der Waals surface area contributed by atoms with E-state index in [4.69, 9.17) is 17.0 Å². The molecule has 6 heteroatoms. The number of hydrogen-bond acceptors (Lipinski definition) is 3. The zero-order chi connectivity index (χ0) is 16.1. The van der Waals surface area contributed by atoms with Gasteiger partial charge in [0.2, 0.25) is 0 Å². The smallest absolute Gasteiger partial charge is 0.261 e. The first kappa shape index (κ1) is 15.9. The van der Waals surface area contributed by atoms with Crippen LogP contribution in [0.25, 0.3) is 0 Å². The fourth-order valence-electron chi connectivity index (χ4n) is 1.99. The van der Waals surface area contributed by atoms with Crippen molar-refractivity contribution in [3.8, 4) is 5.75 Å². The van der Waals surface area contributed by atoms with Gasteiger partial charge in [0.05, 0.1) is 18.4 Å². The minimum atomic E-state index is -0.452. The van der Waals surface area contributed by atoms with Gasteiger partial charge >= 0.3 is 0 Å². The van der Waals surface area contributed by atoms with Crippen molar-refractivity contribution in [1.29, 1.82) is 0 Å². The van der Waals surface area contributed by atoms with E-state index >= 15 is 0 Å². The van der Waals surface area contributed by atoms with Crippen LogP contribution in [0.15, 0.2) is 42.5 Å². The summed E-state index contributed by atoms with van der Waals surface area (Å²) in [6.45, 7) is 1.84. The van der Waals surface area contributed by atoms with Crippen molar-refractivity contribution in [2.24, 2.45) is 0 Å². The van der Waals surface area contributed by atoms with E-state index in [0.717, 1.165) is 5.56 Å². The van der Waals surface area contributed by atoms with E-state index < -0.39 is 11.7 Å². The lowest BCUT2D eigenvalue weighted by atomic mass is 10.1. The number of ether oxygens (including phenoxy) is 1. The monoisotopic (exact) mass is 318 g/mol. The summed E-state index contributed by atoms with van der Waals surface area (Å²) in [6, 6.07) is 11.3. The SMILES string of the molecule is COc1c(C)cccc1C(=O)NC(=S)Nc1ccccc1F. The Bertz CT molecular complexity index is 719. The highest BCUT2D eigenvalue weighted by atomic mass is 32.1. The first-order valence-electron chi connectivity index (χ1n) is 6.53. The normalized spacial score (nSPS) is 9.95. The van der Waals surface area contributed by atoms with Crippen LogP contribution < -0.4 is 15.4 Å². The van der Waals surface area contributed by atoms with Crippen molar-refractivity contribution in [1.82, 2.24) is 5.32 Å². The lowest BCUT2D eigenvalue weighted by molar-refractivity contribution is 0.0974. The fraction of sp³-hybridized carbons (Fsp3) is 0.125. The zero-order valence-electron chi connectivity index (χ0n) is 12.1. The van der Waals surface area contributed by atoms with Crippen LogP contribution in [-0.2, 0) is 0 Å². The van der Waals surface area contributed by atoms with Crippen LogP contribution >= 0.6 is 12.2 Å². The lowest BCUT2D eigenvalue weighted by Crippen LogP contribution is -2.34. The van der Waals surface area contributed by atoms with Crippen molar-refractivity contribution in [2.45, 2.75) is 6.92 Å². The molecule has 0 saturated heterocycles. The van der Waals surface area contributed by atoms with Gasteiger partial charge in [-0.05, 0) is 42.9 Å². The molecule has 2 aromatic carbocycles. The van der Waals surface area contributed by atoms with Crippen LogP contribution in [0.1, 0.15) is 15.9 Å². The Morgan fingerprint density at radius 2 is 1.91 bits per heavy atom. The minimum Gasteiger partial charge on any atom is -0.496 e. The van der Waals surface area contributed by atoms with E-state index in [2.05, 4.69) is 10.6 Å². The molecule has 0 atom stereocenters. The first-order chi connectivity index (χ1) is 10.5. The van der Waals surface area contributed by atoms with Crippen LogP contribution in [0, 0.1) is 12.7 Å². The summed E-state index contributed by atoms with van der Waals surface area (Å²) in [7, 11) is 1.50. The van der Waals surface area contributed by atoms with Gasteiger partial charge in [-0.2, -0.15) is 0 Å². The number of aryl methyl sites for hydroxylation is 1. The molecule has 4 nitrogen and oxygen atoms in total. The lowest BCUT2D eigenvalue weighted by Gasteiger charge is -2.13. The molecule has 0 radical (unpaired) electrons. The molecule has 0 heterocycles. The van der Waals surface area contributed by atoms with Crippen molar-refractivity contribution in [3.63, 3.8) is 0 Å². The number of benzene rings is 2. The van der Waals surface area contributed by atoms with Gasteiger partial charge < -0.3 is 10.1 Å². The third-order valence-electron chi connectivity index (χ3n) is 3.01. The Kier molecular flexibility index (Phi) is 5.06. The van der Waals surface area contributed by atoms with Gasteiger partial charge in [0, 0.05) is 0 Å². The van der Waals surface area contributed by atoms with Crippen molar-refractivity contribution in [2.75, 3.05) is 12.4 Å². The number of thiocarbonyl (C=S) groups is 1. The quantitative estimate of drug-likeness (QED) is 0.853. The van der Waals surface area contributed by atoms with Crippen molar-refractivity contribution < 1.29 is 13.9 Å². The highest BCUT2D eigenvalue weighted by molar-refractivity contribution is 7.80. The molecule has 2 N–H and O–H groups in total. The Hall–Kier alpha value is -2.47. The molecule has 22 heavy (non-hydrogen) atoms. The molecule has 0 spiro atoms. The maximum absolute atomic E-state index is 13.5. The molecule has 114 valence electrons. The second-order valence-corrected chi connectivity index (χ2v) is 4.95. The van der Waals surface area contributed by atoms with Crippen LogP contribution in [-0.4, -0.2) is 18.1 Å². The van der Waals surface area contributed by atoms with Gasteiger partial charge in [-0.3, -0.25) is 10.1 Å². The summed E-state index contributed by atoms with van der Waals surface area (Å²) < 4.78 is 18.8. The number of hydrogen-bond donors (Lipinski definition) is 2. The molecule has 0 aliphatic rings. The largest absolute Gasteiger partial charge is 0.496 e. The number of anilines is 1. The number of amides is 1.